The normalized spacial score (nSPS) is 14.5. The predicted octanol–water partition coefficient (Wildman–Crippen LogP) is 5.14. The maximum absolute atomic E-state index is 12.0. The molecule has 2 amide bonds. The van der Waals surface area contributed by atoms with E-state index < -0.39 is 21.7 Å². The minimum Gasteiger partial charge on any atom is -0.778 e. The number of hydrogen-bond acceptors (Lipinski definition) is 10. The molecule has 0 atom stereocenters. The maximum atomic E-state index is 12.0. The van der Waals surface area contributed by atoms with Gasteiger partial charge >= 0.3 is 21.1 Å². The van der Waals surface area contributed by atoms with Crippen LogP contribution in [-0.4, -0.2) is 33.1 Å². The van der Waals surface area contributed by atoms with Gasteiger partial charge in [0.25, 0.3) is 23.2 Å². The molecule has 4 aromatic rings. The summed E-state index contributed by atoms with van der Waals surface area (Å²) in [7, 11) is 0. The van der Waals surface area contributed by atoms with Crippen molar-refractivity contribution < 1.29 is 40.5 Å². The third-order valence-corrected chi connectivity index (χ3v) is 6.75. The Morgan fingerprint density at radius 2 is 0.977 bits per heavy atom. The number of nitrogens with zero attached hydrogens (tertiary/aromatic N) is 4. The molecule has 0 fully saturated rings. The summed E-state index contributed by atoms with van der Waals surface area (Å²) >= 11 is 10.3. The SMILES string of the molecule is O=C1Nc2ccc([N+](=O)[O-])cc2C1=Nc1ccccc1[S-].O=C1Nc2ccc([N+](=O)[O-])cc2C1=Nc1ccccc1[S-].[Pt+2]. The molecule has 0 bridgehead atoms. The van der Waals surface area contributed by atoms with Crippen molar-refractivity contribution in [3.05, 3.63) is 116 Å². The van der Waals surface area contributed by atoms with Gasteiger partial charge in [0.1, 0.15) is 11.4 Å². The largest absolute Gasteiger partial charge is 2.00 e. The van der Waals surface area contributed by atoms with Crippen LogP contribution in [0.25, 0.3) is 0 Å². The van der Waals surface area contributed by atoms with Gasteiger partial charge in [-0.15, -0.1) is 9.79 Å². The second kappa shape index (κ2) is 12.9. The van der Waals surface area contributed by atoms with Crippen LogP contribution in [0.2, 0.25) is 0 Å². The molecule has 0 saturated heterocycles. The Labute approximate surface area is 268 Å². The molecular weight excluding hydrogens is 776 g/mol. The number of carbonyl (C=O) groups is 2. The molecule has 15 heteroatoms. The average molecular weight is 792 g/mol. The van der Waals surface area contributed by atoms with E-state index in [9.17, 15) is 29.8 Å². The van der Waals surface area contributed by atoms with Gasteiger partial charge in [0.2, 0.25) is 0 Å². The first-order valence-corrected chi connectivity index (χ1v) is 12.8. The van der Waals surface area contributed by atoms with Gasteiger partial charge in [-0.3, -0.25) is 29.8 Å². The first kappa shape index (κ1) is 31.0. The van der Waals surface area contributed by atoms with Crippen molar-refractivity contribution in [2.75, 3.05) is 10.6 Å². The molecule has 216 valence electrons. The number of rotatable bonds is 4. The number of aliphatic imine (C=N–C) groups is 2. The molecule has 0 aromatic heterocycles. The zero-order chi connectivity index (χ0) is 30.0. The predicted molar refractivity (Wildman–Crippen MR) is 160 cm³/mol. The Balaban J connectivity index is 0.000000192. The van der Waals surface area contributed by atoms with E-state index in [4.69, 9.17) is 25.3 Å². The van der Waals surface area contributed by atoms with Gasteiger partial charge in [-0.05, 0) is 24.3 Å². The van der Waals surface area contributed by atoms with Crippen LogP contribution < -0.4 is 10.6 Å². The molecule has 0 unspecified atom stereocenters. The third-order valence-electron chi connectivity index (χ3n) is 6.06. The second-order valence-corrected chi connectivity index (χ2v) is 9.62. The van der Waals surface area contributed by atoms with Crippen molar-refractivity contribution in [1.29, 1.82) is 0 Å². The molecule has 0 saturated carbocycles. The average Bonchev–Trinajstić information content (AvgIpc) is 3.45. The van der Waals surface area contributed by atoms with Crippen LogP contribution in [0.3, 0.4) is 0 Å². The number of para-hydroxylation sites is 2. The van der Waals surface area contributed by atoms with E-state index in [1.54, 1.807) is 48.5 Å². The molecule has 2 N–H and O–H groups in total. The van der Waals surface area contributed by atoms with Crippen molar-refractivity contribution in [2.45, 2.75) is 9.79 Å². The fraction of sp³-hybridized carbons (Fsp3) is 0. The molecule has 2 aliphatic rings. The van der Waals surface area contributed by atoms with Crippen molar-refractivity contribution in [1.82, 2.24) is 0 Å². The van der Waals surface area contributed by atoms with Crippen molar-refractivity contribution in [3.8, 4) is 0 Å². The van der Waals surface area contributed by atoms with Crippen LogP contribution in [0.15, 0.2) is 105 Å². The van der Waals surface area contributed by atoms with Crippen LogP contribution in [0.5, 0.6) is 0 Å². The Kier molecular flexibility index (Phi) is 9.34. The quantitative estimate of drug-likeness (QED) is 0.163. The number of fused-ring (bicyclic) bond motifs is 2. The Hall–Kier alpha value is -4.91. The molecule has 0 radical (unpaired) electrons. The van der Waals surface area contributed by atoms with E-state index in [0.29, 0.717) is 43.7 Å². The number of nitro benzene ring substituents is 2. The second-order valence-electron chi connectivity index (χ2n) is 8.74. The first-order valence-electron chi connectivity index (χ1n) is 12.0. The molecule has 0 aliphatic carbocycles. The van der Waals surface area contributed by atoms with Crippen LogP contribution in [-0.2, 0) is 55.9 Å². The van der Waals surface area contributed by atoms with E-state index in [1.807, 2.05) is 0 Å². The van der Waals surface area contributed by atoms with Crippen LogP contribution >= 0.6 is 0 Å². The monoisotopic (exact) mass is 791 g/mol. The zero-order valence-corrected chi connectivity index (χ0v) is 25.4. The van der Waals surface area contributed by atoms with Gasteiger partial charge < -0.3 is 35.9 Å². The molecule has 43 heavy (non-hydrogen) atoms. The number of benzene rings is 4. The van der Waals surface area contributed by atoms with Gasteiger partial charge in [0, 0.05) is 46.8 Å². The van der Waals surface area contributed by atoms with E-state index in [2.05, 4.69) is 20.6 Å². The number of nitro groups is 2. The van der Waals surface area contributed by atoms with Crippen LogP contribution in [0.1, 0.15) is 11.1 Å². The number of non-ortho nitro benzene ring substituents is 2. The minimum atomic E-state index is -0.512. The Bertz CT molecular complexity index is 1750. The van der Waals surface area contributed by atoms with Gasteiger partial charge in [-0.25, -0.2) is 9.98 Å². The molecule has 2 heterocycles. The Morgan fingerprint density at radius 3 is 1.33 bits per heavy atom. The minimum absolute atomic E-state index is 0. The van der Waals surface area contributed by atoms with Crippen molar-refractivity contribution in [3.63, 3.8) is 0 Å². The summed E-state index contributed by atoms with van der Waals surface area (Å²) in [6, 6.07) is 22.2. The van der Waals surface area contributed by atoms with Gasteiger partial charge in [-0.1, -0.05) is 36.4 Å². The summed E-state index contributed by atoms with van der Waals surface area (Å²) in [5, 5.41) is 26.9. The van der Waals surface area contributed by atoms with E-state index in [-0.39, 0.29) is 43.9 Å². The first-order chi connectivity index (χ1) is 20.1. The van der Waals surface area contributed by atoms with E-state index >= 15 is 0 Å². The maximum Gasteiger partial charge on any atom is 2.00 e. The summed E-state index contributed by atoms with van der Waals surface area (Å²) in [4.78, 5) is 54.2. The summed E-state index contributed by atoms with van der Waals surface area (Å²) in [6.45, 7) is 0. The fourth-order valence-electron chi connectivity index (χ4n) is 4.07. The fourth-order valence-corrected chi connectivity index (χ4v) is 4.46. The van der Waals surface area contributed by atoms with Crippen LogP contribution in [0, 0.1) is 20.2 Å². The zero-order valence-electron chi connectivity index (χ0n) is 21.5. The summed E-state index contributed by atoms with van der Waals surface area (Å²) in [6.07, 6.45) is 0. The molecular formula is C28H16N6O6PtS2. The number of carbonyl (C=O) groups excluding carboxylic acids is 2. The van der Waals surface area contributed by atoms with E-state index in [1.165, 1.54) is 36.4 Å². The van der Waals surface area contributed by atoms with Crippen molar-refractivity contribution >= 4 is 82.6 Å². The summed E-state index contributed by atoms with van der Waals surface area (Å²) in [5.41, 5.74) is 2.87. The standard InChI is InChI=1S/2C14H9N3O3S.Pt/c2*18-14-13(15-11-3-1-2-4-12(11)21)9-7-8(17(19)20)5-6-10(9)16-14;/h2*1-7,21H,(H,15,16,18);/q;;+2/p-2. The molecule has 4 aromatic carbocycles. The van der Waals surface area contributed by atoms with Gasteiger partial charge in [-0.2, -0.15) is 0 Å². The molecule has 2 aliphatic heterocycles. The number of amides is 2. The van der Waals surface area contributed by atoms with E-state index in [0.717, 1.165) is 0 Å². The molecule has 0 spiro atoms. The van der Waals surface area contributed by atoms with Crippen molar-refractivity contribution in [2.24, 2.45) is 9.98 Å². The summed E-state index contributed by atoms with van der Waals surface area (Å²) in [5.74, 6) is -0.799. The molecule has 12 nitrogen and oxygen atoms in total. The number of anilines is 2. The Morgan fingerprint density at radius 1 is 0.605 bits per heavy atom. The topological polar surface area (TPSA) is 169 Å². The third kappa shape index (κ3) is 6.61. The number of hydrogen-bond donors (Lipinski definition) is 2. The summed E-state index contributed by atoms with van der Waals surface area (Å²) < 4.78 is 0. The number of nitrogens with one attached hydrogen (secondary N) is 2. The molecule has 6 rings (SSSR count). The smallest absolute Gasteiger partial charge is 0.778 e. The van der Waals surface area contributed by atoms with Crippen LogP contribution in [0.4, 0.5) is 34.1 Å². The van der Waals surface area contributed by atoms with Gasteiger partial charge in [0.05, 0.1) is 21.2 Å². The van der Waals surface area contributed by atoms with Gasteiger partial charge in [0.15, 0.2) is 0 Å².